The monoisotopic (exact) mass is 305 g/mol. The van der Waals surface area contributed by atoms with Crippen molar-refractivity contribution in [1.29, 1.82) is 0 Å². The molecule has 1 aliphatic rings. The van der Waals surface area contributed by atoms with E-state index in [1.54, 1.807) is 24.3 Å². The third kappa shape index (κ3) is 3.74. The molecule has 0 unspecified atom stereocenters. The summed E-state index contributed by atoms with van der Waals surface area (Å²) in [5, 5.41) is 4.00. The number of rotatable bonds is 5. The minimum atomic E-state index is -0.348. The van der Waals surface area contributed by atoms with E-state index < -0.39 is 0 Å². The predicted octanol–water partition coefficient (Wildman–Crippen LogP) is 4.83. The van der Waals surface area contributed by atoms with Crippen molar-refractivity contribution in [1.82, 2.24) is 5.32 Å². The number of halogens is 2. The second kappa shape index (κ2) is 6.04. The zero-order valence-electron chi connectivity index (χ0n) is 11.8. The lowest BCUT2D eigenvalue weighted by molar-refractivity contribution is 0.438. The standard InChI is InChI=1S/C17H17ClFNO/c1-11-8-13(18)3-7-16(11)21-17-6-2-12(9-15(17)19)10-20-14-4-5-14/h2-3,6-9,14,20H,4-5,10H2,1H3. The topological polar surface area (TPSA) is 21.3 Å². The molecular weight excluding hydrogens is 289 g/mol. The van der Waals surface area contributed by atoms with Gasteiger partial charge in [0.25, 0.3) is 0 Å². The molecule has 0 aliphatic heterocycles. The molecule has 0 spiro atoms. The molecule has 1 N–H and O–H groups in total. The SMILES string of the molecule is Cc1cc(Cl)ccc1Oc1ccc(CNC2CC2)cc1F. The van der Waals surface area contributed by atoms with Crippen molar-refractivity contribution in [3.63, 3.8) is 0 Å². The highest BCUT2D eigenvalue weighted by atomic mass is 35.5. The molecule has 0 atom stereocenters. The van der Waals surface area contributed by atoms with E-state index >= 15 is 0 Å². The van der Waals surface area contributed by atoms with Gasteiger partial charge in [-0.2, -0.15) is 0 Å². The number of benzene rings is 2. The Bertz CT molecular complexity index is 655. The van der Waals surface area contributed by atoms with Gasteiger partial charge in [-0.3, -0.25) is 0 Å². The third-order valence-electron chi connectivity index (χ3n) is 3.53. The van der Waals surface area contributed by atoms with E-state index in [-0.39, 0.29) is 11.6 Å². The number of nitrogens with one attached hydrogen (secondary N) is 1. The quantitative estimate of drug-likeness (QED) is 0.854. The van der Waals surface area contributed by atoms with E-state index in [1.165, 1.54) is 18.9 Å². The van der Waals surface area contributed by atoms with Gasteiger partial charge in [0.15, 0.2) is 11.6 Å². The first-order valence-electron chi connectivity index (χ1n) is 7.07. The minimum absolute atomic E-state index is 0.232. The highest BCUT2D eigenvalue weighted by Gasteiger charge is 2.20. The lowest BCUT2D eigenvalue weighted by Gasteiger charge is -2.11. The number of aryl methyl sites for hydroxylation is 1. The maximum absolute atomic E-state index is 14.1. The summed E-state index contributed by atoms with van der Waals surface area (Å²) in [6, 6.07) is 11.0. The van der Waals surface area contributed by atoms with Crippen LogP contribution in [0.5, 0.6) is 11.5 Å². The molecule has 2 nitrogen and oxygen atoms in total. The first-order chi connectivity index (χ1) is 10.1. The molecule has 1 saturated carbocycles. The zero-order chi connectivity index (χ0) is 14.8. The Labute approximate surface area is 128 Å². The van der Waals surface area contributed by atoms with Gasteiger partial charge in [0, 0.05) is 17.6 Å². The molecule has 0 saturated heterocycles. The highest BCUT2D eigenvalue weighted by Crippen LogP contribution is 2.29. The molecular formula is C17H17ClFNO. The summed E-state index contributed by atoms with van der Waals surface area (Å²) in [7, 11) is 0. The van der Waals surface area contributed by atoms with Gasteiger partial charge in [-0.1, -0.05) is 17.7 Å². The van der Waals surface area contributed by atoms with Crippen LogP contribution >= 0.6 is 11.6 Å². The molecule has 1 fully saturated rings. The molecule has 0 bridgehead atoms. The van der Waals surface area contributed by atoms with Crippen LogP contribution in [-0.2, 0) is 6.54 Å². The summed E-state index contributed by atoms with van der Waals surface area (Å²) in [6.07, 6.45) is 2.44. The number of ether oxygens (including phenoxy) is 1. The fraction of sp³-hybridized carbons (Fsp3) is 0.294. The van der Waals surface area contributed by atoms with Gasteiger partial charge in [0.05, 0.1) is 0 Å². The second-order valence-corrected chi connectivity index (χ2v) is 5.87. The van der Waals surface area contributed by atoms with Crippen LogP contribution in [0.25, 0.3) is 0 Å². The Morgan fingerprint density at radius 1 is 1.19 bits per heavy atom. The van der Waals surface area contributed by atoms with Gasteiger partial charge in [0.1, 0.15) is 5.75 Å². The minimum Gasteiger partial charge on any atom is -0.454 e. The third-order valence-corrected chi connectivity index (χ3v) is 3.76. The molecule has 0 aromatic heterocycles. The summed E-state index contributed by atoms with van der Waals surface area (Å²) >= 11 is 5.90. The Morgan fingerprint density at radius 3 is 2.62 bits per heavy atom. The largest absolute Gasteiger partial charge is 0.454 e. The van der Waals surface area contributed by atoms with Crippen molar-refractivity contribution in [2.75, 3.05) is 0 Å². The van der Waals surface area contributed by atoms with Crippen LogP contribution < -0.4 is 10.1 Å². The van der Waals surface area contributed by atoms with Crippen LogP contribution in [-0.4, -0.2) is 6.04 Å². The average molecular weight is 306 g/mol. The average Bonchev–Trinajstić information content (AvgIpc) is 3.26. The molecule has 1 aliphatic carbocycles. The van der Waals surface area contributed by atoms with Crippen LogP contribution in [0, 0.1) is 12.7 Å². The van der Waals surface area contributed by atoms with Crippen molar-refractivity contribution < 1.29 is 9.13 Å². The van der Waals surface area contributed by atoms with Gasteiger partial charge in [-0.25, -0.2) is 4.39 Å². The Kier molecular flexibility index (Phi) is 4.13. The molecule has 2 aromatic carbocycles. The molecule has 4 heteroatoms. The van der Waals surface area contributed by atoms with Crippen LogP contribution in [0.15, 0.2) is 36.4 Å². The van der Waals surface area contributed by atoms with E-state index in [0.29, 0.717) is 23.4 Å². The van der Waals surface area contributed by atoms with E-state index in [4.69, 9.17) is 16.3 Å². The molecule has 0 heterocycles. The summed E-state index contributed by atoms with van der Waals surface area (Å²) in [4.78, 5) is 0. The van der Waals surface area contributed by atoms with Gasteiger partial charge >= 0.3 is 0 Å². The lowest BCUT2D eigenvalue weighted by Crippen LogP contribution is -2.15. The Morgan fingerprint density at radius 2 is 1.95 bits per heavy atom. The smallest absolute Gasteiger partial charge is 0.166 e. The fourth-order valence-electron chi connectivity index (χ4n) is 2.13. The van der Waals surface area contributed by atoms with E-state index in [1.807, 2.05) is 13.0 Å². The predicted molar refractivity (Wildman–Crippen MR) is 82.5 cm³/mol. The summed E-state index contributed by atoms with van der Waals surface area (Å²) < 4.78 is 19.7. The molecule has 110 valence electrons. The second-order valence-electron chi connectivity index (χ2n) is 5.43. The summed E-state index contributed by atoms with van der Waals surface area (Å²) in [6.45, 7) is 2.58. The van der Waals surface area contributed by atoms with Crippen molar-refractivity contribution >= 4 is 11.6 Å². The van der Waals surface area contributed by atoms with Crippen molar-refractivity contribution in [2.45, 2.75) is 32.4 Å². The van der Waals surface area contributed by atoms with E-state index in [9.17, 15) is 4.39 Å². The first kappa shape index (κ1) is 14.4. The molecule has 21 heavy (non-hydrogen) atoms. The van der Waals surface area contributed by atoms with Gasteiger partial charge in [-0.15, -0.1) is 0 Å². The van der Waals surface area contributed by atoms with Gasteiger partial charge in [-0.05, 0) is 61.2 Å². The summed E-state index contributed by atoms with van der Waals surface area (Å²) in [5.74, 6) is 0.497. The highest BCUT2D eigenvalue weighted by molar-refractivity contribution is 6.30. The molecule has 0 radical (unpaired) electrons. The summed E-state index contributed by atoms with van der Waals surface area (Å²) in [5.41, 5.74) is 1.81. The van der Waals surface area contributed by atoms with E-state index in [2.05, 4.69) is 5.32 Å². The number of hydrogen-bond donors (Lipinski definition) is 1. The number of hydrogen-bond acceptors (Lipinski definition) is 2. The van der Waals surface area contributed by atoms with Crippen LogP contribution in [0.4, 0.5) is 4.39 Å². The Balaban J connectivity index is 1.72. The fourth-order valence-corrected chi connectivity index (χ4v) is 2.36. The molecule has 2 aromatic rings. The Hall–Kier alpha value is -1.58. The maximum Gasteiger partial charge on any atom is 0.166 e. The van der Waals surface area contributed by atoms with Crippen molar-refractivity contribution in [2.24, 2.45) is 0 Å². The molecule has 0 amide bonds. The van der Waals surface area contributed by atoms with Crippen molar-refractivity contribution in [3.05, 3.63) is 58.4 Å². The normalized spacial score (nSPS) is 14.2. The van der Waals surface area contributed by atoms with Crippen LogP contribution in [0.2, 0.25) is 5.02 Å². The zero-order valence-corrected chi connectivity index (χ0v) is 12.6. The first-order valence-corrected chi connectivity index (χ1v) is 7.45. The maximum atomic E-state index is 14.1. The molecule has 3 rings (SSSR count). The lowest BCUT2D eigenvalue weighted by atomic mass is 10.2. The van der Waals surface area contributed by atoms with Crippen LogP contribution in [0.1, 0.15) is 24.0 Å². The van der Waals surface area contributed by atoms with E-state index in [0.717, 1.165) is 11.1 Å². The van der Waals surface area contributed by atoms with Gasteiger partial charge in [0.2, 0.25) is 0 Å². The van der Waals surface area contributed by atoms with Crippen molar-refractivity contribution in [3.8, 4) is 11.5 Å². The van der Waals surface area contributed by atoms with Crippen LogP contribution in [0.3, 0.4) is 0 Å². The van der Waals surface area contributed by atoms with Gasteiger partial charge < -0.3 is 10.1 Å².